The number of amides is 1. The number of nitrogens with zero attached hydrogens (tertiary/aromatic N) is 4. The van der Waals surface area contributed by atoms with Crippen LogP contribution in [0.4, 0.5) is 15.0 Å². The van der Waals surface area contributed by atoms with Crippen LogP contribution >= 0.6 is 0 Å². The third kappa shape index (κ3) is 3.87. The molecule has 0 saturated carbocycles. The molecule has 0 radical (unpaired) electrons. The summed E-state index contributed by atoms with van der Waals surface area (Å²) in [4.78, 5) is 11.8. The summed E-state index contributed by atoms with van der Waals surface area (Å²) < 4.78 is 20.2. The maximum atomic E-state index is 14.0. The van der Waals surface area contributed by atoms with E-state index >= 15 is 0 Å². The molecule has 7 nitrogen and oxygen atoms in total. The van der Waals surface area contributed by atoms with Crippen LogP contribution in [0.3, 0.4) is 0 Å². The zero-order chi connectivity index (χ0) is 17.9. The number of anilines is 1. The molecule has 0 spiro atoms. The summed E-state index contributed by atoms with van der Waals surface area (Å²) in [5.41, 5.74) is -0.457. The first kappa shape index (κ1) is 17.0. The predicted molar refractivity (Wildman–Crippen MR) is 82.8 cm³/mol. The minimum Gasteiger partial charge on any atom is -0.444 e. The summed E-state index contributed by atoms with van der Waals surface area (Å²) in [6, 6.07) is 7.54. The Morgan fingerprint density at radius 2 is 2.04 bits per heavy atom. The third-order valence-corrected chi connectivity index (χ3v) is 2.78. The molecule has 0 unspecified atom stereocenters. The van der Waals surface area contributed by atoms with Gasteiger partial charge in [-0.2, -0.15) is 10.5 Å². The van der Waals surface area contributed by atoms with Gasteiger partial charge < -0.3 is 4.74 Å². The lowest BCUT2D eigenvalue weighted by atomic mass is 10.2. The van der Waals surface area contributed by atoms with E-state index in [1.807, 2.05) is 12.1 Å². The van der Waals surface area contributed by atoms with Crippen LogP contribution in [0, 0.1) is 28.5 Å². The van der Waals surface area contributed by atoms with E-state index in [4.69, 9.17) is 15.3 Å². The number of rotatable bonds is 2. The van der Waals surface area contributed by atoms with E-state index in [2.05, 4.69) is 10.4 Å². The lowest BCUT2D eigenvalue weighted by Crippen LogP contribution is -2.27. The van der Waals surface area contributed by atoms with Gasteiger partial charge >= 0.3 is 6.09 Å². The van der Waals surface area contributed by atoms with Crippen molar-refractivity contribution < 1.29 is 13.9 Å². The van der Waals surface area contributed by atoms with Crippen LogP contribution in [0.5, 0.6) is 0 Å². The van der Waals surface area contributed by atoms with Crippen LogP contribution < -0.4 is 5.32 Å². The van der Waals surface area contributed by atoms with Crippen molar-refractivity contribution in [2.24, 2.45) is 0 Å². The number of nitriles is 2. The molecule has 0 aliphatic rings. The Balaban J connectivity index is 2.33. The molecule has 0 fully saturated rings. The van der Waals surface area contributed by atoms with Gasteiger partial charge in [0.15, 0.2) is 5.82 Å². The molecule has 122 valence electrons. The van der Waals surface area contributed by atoms with Crippen LogP contribution in [0.15, 0.2) is 24.4 Å². The molecule has 2 aromatic rings. The standard InChI is InChI=1S/C16H14FN5O2/c1-16(2,3)24-15(23)20-14-11(8-19)9-22(21-14)13-5-4-10(7-18)6-12(13)17/h4-6,9H,1-3H3,(H,20,21,23). The average Bonchev–Trinajstić information content (AvgIpc) is 2.87. The number of carbonyl (C=O) groups excluding carboxylic acids is 1. The number of hydrogen-bond acceptors (Lipinski definition) is 5. The van der Waals surface area contributed by atoms with E-state index in [0.717, 1.165) is 10.7 Å². The topological polar surface area (TPSA) is 104 Å². The highest BCUT2D eigenvalue weighted by Gasteiger charge is 2.20. The van der Waals surface area contributed by atoms with Gasteiger partial charge in [0.25, 0.3) is 0 Å². The van der Waals surface area contributed by atoms with Crippen molar-refractivity contribution in [2.45, 2.75) is 26.4 Å². The second-order valence-corrected chi connectivity index (χ2v) is 5.85. The third-order valence-electron chi connectivity index (χ3n) is 2.78. The minimum atomic E-state index is -0.774. The van der Waals surface area contributed by atoms with Gasteiger partial charge in [-0.1, -0.05) is 0 Å². The first-order chi connectivity index (χ1) is 11.2. The fourth-order valence-electron chi connectivity index (χ4n) is 1.83. The Bertz CT molecular complexity index is 868. The zero-order valence-corrected chi connectivity index (χ0v) is 13.3. The second-order valence-electron chi connectivity index (χ2n) is 5.85. The molecule has 0 aliphatic heterocycles. The van der Waals surface area contributed by atoms with Gasteiger partial charge in [-0.25, -0.2) is 13.9 Å². The van der Waals surface area contributed by atoms with E-state index in [9.17, 15) is 9.18 Å². The summed E-state index contributed by atoms with van der Waals surface area (Å²) in [6.45, 7) is 5.09. The van der Waals surface area contributed by atoms with Crippen LogP contribution in [-0.2, 0) is 4.74 Å². The number of halogens is 1. The summed E-state index contributed by atoms with van der Waals surface area (Å²) in [5.74, 6) is -0.722. The van der Waals surface area contributed by atoms with E-state index in [-0.39, 0.29) is 22.6 Å². The van der Waals surface area contributed by atoms with Crippen molar-refractivity contribution in [2.75, 3.05) is 5.32 Å². The quantitative estimate of drug-likeness (QED) is 0.912. The van der Waals surface area contributed by atoms with Crippen LogP contribution in [0.2, 0.25) is 0 Å². The fraction of sp³-hybridized carbons (Fsp3) is 0.250. The highest BCUT2D eigenvalue weighted by molar-refractivity contribution is 5.85. The van der Waals surface area contributed by atoms with Gasteiger partial charge in [0.1, 0.15) is 28.7 Å². The van der Waals surface area contributed by atoms with Gasteiger partial charge in [-0.3, -0.25) is 5.32 Å². The van der Waals surface area contributed by atoms with Gasteiger partial charge in [0.05, 0.1) is 17.8 Å². The molecule has 8 heteroatoms. The highest BCUT2D eigenvalue weighted by atomic mass is 19.1. The molecule has 0 bridgehead atoms. The molecule has 1 aromatic carbocycles. The molecule has 0 saturated heterocycles. The molecular formula is C16H14FN5O2. The van der Waals surface area contributed by atoms with Crippen LogP contribution in [0.1, 0.15) is 31.9 Å². The smallest absolute Gasteiger partial charge is 0.413 e. The Kier molecular flexibility index (Phi) is 4.52. The number of carbonyl (C=O) groups is 1. The van der Waals surface area contributed by atoms with Crippen molar-refractivity contribution in [3.63, 3.8) is 0 Å². The Morgan fingerprint density at radius 1 is 1.33 bits per heavy atom. The van der Waals surface area contributed by atoms with E-state index in [1.54, 1.807) is 20.8 Å². The average molecular weight is 327 g/mol. The molecule has 0 aliphatic carbocycles. The summed E-state index contributed by atoms with van der Waals surface area (Å²) in [6.07, 6.45) is 0.501. The summed E-state index contributed by atoms with van der Waals surface area (Å²) >= 11 is 0. The monoisotopic (exact) mass is 327 g/mol. The predicted octanol–water partition coefficient (Wildman–Crippen LogP) is 3.10. The Hall–Kier alpha value is -3.39. The lowest BCUT2D eigenvalue weighted by molar-refractivity contribution is 0.0635. The molecule has 24 heavy (non-hydrogen) atoms. The SMILES string of the molecule is CC(C)(C)OC(=O)Nc1nn(-c2ccc(C#N)cc2F)cc1C#N. The van der Waals surface area contributed by atoms with Crippen LogP contribution in [-0.4, -0.2) is 21.5 Å². The van der Waals surface area contributed by atoms with Crippen molar-refractivity contribution in [3.05, 3.63) is 41.3 Å². The minimum absolute atomic E-state index is 0.0442. The Labute approximate surface area is 137 Å². The molecule has 0 atom stereocenters. The van der Waals surface area contributed by atoms with E-state index < -0.39 is 17.5 Å². The van der Waals surface area contributed by atoms with Crippen molar-refractivity contribution >= 4 is 11.9 Å². The maximum absolute atomic E-state index is 14.0. The first-order valence-corrected chi connectivity index (χ1v) is 6.93. The fourth-order valence-corrected chi connectivity index (χ4v) is 1.83. The van der Waals surface area contributed by atoms with Gasteiger partial charge in [0.2, 0.25) is 0 Å². The Morgan fingerprint density at radius 3 is 2.58 bits per heavy atom. The van der Waals surface area contributed by atoms with Gasteiger partial charge in [-0.05, 0) is 39.0 Å². The number of nitrogens with one attached hydrogen (secondary N) is 1. The molecular weight excluding hydrogens is 313 g/mol. The largest absolute Gasteiger partial charge is 0.444 e. The number of benzene rings is 1. The number of ether oxygens (including phenoxy) is 1. The molecule has 1 N–H and O–H groups in total. The maximum Gasteiger partial charge on any atom is 0.413 e. The van der Waals surface area contributed by atoms with E-state index in [0.29, 0.717) is 0 Å². The first-order valence-electron chi connectivity index (χ1n) is 6.93. The van der Waals surface area contributed by atoms with Crippen molar-refractivity contribution in [1.29, 1.82) is 10.5 Å². The highest BCUT2D eigenvalue weighted by Crippen LogP contribution is 2.20. The lowest BCUT2D eigenvalue weighted by Gasteiger charge is -2.19. The van der Waals surface area contributed by atoms with Gasteiger partial charge in [0, 0.05) is 0 Å². The molecule has 1 aromatic heterocycles. The molecule has 1 heterocycles. The van der Waals surface area contributed by atoms with Gasteiger partial charge in [-0.15, -0.1) is 5.10 Å². The summed E-state index contributed by atoms with van der Waals surface area (Å²) in [5, 5.41) is 24.3. The normalized spacial score (nSPS) is 10.6. The zero-order valence-electron chi connectivity index (χ0n) is 13.3. The van der Waals surface area contributed by atoms with Crippen molar-refractivity contribution in [1.82, 2.24) is 9.78 Å². The van der Waals surface area contributed by atoms with Crippen molar-refractivity contribution in [3.8, 4) is 17.8 Å². The molecule has 2 rings (SSSR count). The second kappa shape index (κ2) is 6.39. The van der Waals surface area contributed by atoms with Crippen LogP contribution in [0.25, 0.3) is 5.69 Å². The van der Waals surface area contributed by atoms with E-state index in [1.165, 1.54) is 18.3 Å². The number of aromatic nitrogens is 2. The molecule has 1 amide bonds. The number of hydrogen-bond donors (Lipinski definition) is 1. The summed E-state index contributed by atoms with van der Waals surface area (Å²) in [7, 11) is 0.